The Labute approximate surface area is 372 Å². The molecule has 294 valence electrons. The highest BCUT2D eigenvalue weighted by atomic mass is 15.5. The van der Waals surface area contributed by atoms with Crippen LogP contribution in [0.15, 0.2) is 230 Å². The Morgan fingerprint density at radius 1 is 0.290 bits per heavy atom. The summed E-state index contributed by atoms with van der Waals surface area (Å²) in [4.78, 5) is 6.37. The average Bonchev–Trinajstić information content (AvgIpc) is 4.07. The minimum atomic E-state index is -0.480. The third-order valence-electron chi connectivity index (χ3n) is 10.5. The number of aromatic nitrogens is 6. The molecule has 9 aromatic carbocycles. The van der Waals surface area contributed by atoms with E-state index in [1.54, 1.807) is 34.1 Å². The van der Waals surface area contributed by atoms with Crippen molar-refractivity contribution < 1.29 is 13.7 Å². The standard InChI is InChI=1S/C54H38N8/c1-3-11-43(12-4-1)59(47-31-35-49(36-32-47)61-55-51-15-7-8-16-52(51)56-61)45-27-23-41(24-28-45)39-19-21-40(22-20-39)42-25-29-46(30-26-42)60(44-13-5-2-6-14-44)48-33-37-50(38-34-48)62-57-53-17-9-10-18-54(53)58-62/h1-38H/i1D,2D,3D,4D,5D,6D,11D,12D,13D,14D. The fraction of sp³-hybridized carbons (Fsp3) is 0. The molecule has 0 radical (unpaired) electrons. The first kappa shape index (κ1) is 27.2. The Morgan fingerprint density at radius 2 is 0.548 bits per heavy atom. The molecule has 0 bridgehead atoms. The van der Waals surface area contributed by atoms with Gasteiger partial charge in [0.2, 0.25) is 0 Å². The summed E-state index contributed by atoms with van der Waals surface area (Å²) in [7, 11) is 0. The molecule has 0 saturated carbocycles. The van der Waals surface area contributed by atoms with Crippen molar-refractivity contribution >= 4 is 56.2 Å². The summed E-state index contributed by atoms with van der Waals surface area (Å²) >= 11 is 0. The predicted octanol–water partition coefficient (Wildman–Crippen LogP) is 13.4. The highest BCUT2D eigenvalue weighted by molar-refractivity contribution is 5.82. The van der Waals surface area contributed by atoms with Gasteiger partial charge in [-0.1, -0.05) is 109 Å². The first-order valence-electron chi connectivity index (χ1n) is 24.7. The summed E-state index contributed by atoms with van der Waals surface area (Å²) in [5.41, 5.74) is 10.2. The van der Waals surface area contributed by atoms with Crippen LogP contribution in [0.1, 0.15) is 13.7 Å². The van der Waals surface area contributed by atoms with Crippen LogP contribution in [-0.4, -0.2) is 30.0 Å². The van der Waals surface area contributed by atoms with Gasteiger partial charge in [-0.25, -0.2) is 0 Å². The lowest BCUT2D eigenvalue weighted by molar-refractivity contribution is 0.765. The Balaban J connectivity index is 0.890. The van der Waals surface area contributed by atoms with E-state index in [2.05, 4.69) is 20.4 Å². The minimum Gasteiger partial charge on any atom is -0.311 e. The highest BCUT2D eigenvalue weighted by Crippen LogP contribution is 2.38. The van der Waals surface area contributed by atoms with Gasteiger partial charge in [-0.15, -0.1) is 20.4 Å². The van der Waals surface area contributed by atoms with Crippen molar-refractivity contribution in [2.75, 3.05) is 9.80 Å². The van der Waals surface area contributed by atoms with Crippen molar-refractivity contribution in [2.45, 2.75) is 0 Å². The molecule has 8 nitrogen and oxygen atoms in total. The van der Waals surface area contributed by atoms with Crippen molar-refractivity contribution in [1.82, 2.24) is 30.0 Å². The summed E-state index contributed by atoms with van der Waals surface area (Å²) in [6.45, 7) is 0. The molecule has 0 N–H and O–H groups in total. The van der Waals surface area contributed by atoms with Gasteiger partial charge < -0.3 is 9.80 Å². The summed E-state index contributed by atoms with van der Waals surface area (Å²) in [5.74, 6) is 0. The number of anilines is 6. The summed E-state index contributed by atoms with van der Waals surface area (Å²) in [5, 5.41) is 18.3. The smallest absolute Gasteiger partial charge is 0.113 e. The van der Waals surface area contributed by atoms with E-state index in [0.29, 0.717) is 34.1 Å². The first-order valence-corrected chi connectivity index (χ1v) is 19.7. The van der Waals surface area contributed by atoms with Crippen molar-refractivity contribution in [1.29, 1.82) is 0 Å². The zero-order chi connectivity index (χ0) is 49.9. The maximum atomic E-state index is 8.89. The zero-order valence-electron chi connectivity index (χ0n) is 42.7. The molecule has 0 atom stereocenters. The lowest BCUT2D eigenvalue weighted by Gasteiger charge is -2.26. The zero-order valence-corrected chi connectivity index (χ0v) is 32.7. The number of hydrogen-bond acceptors (Lipinski definition) is 6. The topological polar surface area (TPSA) is 67.9 Å². The molecule has 0 aliphatic rings. The van der Waals surface area contributed by atoms with Gasteiger partial charge in [-0.2, -0.15) is 9.59 Å². The predicted molar refractivity (Wildman–Crippen MR) is 252 cm³/mol. The number of para-hydroxylation sites is 2. The van der Waals surface area contributed by atoms with Gasteiger partial charge in [-0.3, -0.25) is 0 Å². The molecule has 2 heterocycles. The molecule has 8 heteroatoms. The SMILES string of the molecule is [2H]c1c([2H])c([2H])c(N(c2ccc(-c3ccc(-c4ccc(N(c5ccc(-n6nc7ccccc7n6)cc5)c5c([2H])c([2H])c([2H])c([2H])c5[2H])cc4)cc3)cc2)c2ccc(-n3nc4ccccc4n3)cc2)c([2H])c1[2H]. The average molecular weight is 809 g/mol. The molecule has 2 aromatic heterocycles. The first-order chi connectivity index (χ1) is 34.8. The van der Waals surface area contributed by atoms with E-state index in [9.17, 15) is 0 Å². The van der Waals surface area contributed by atoms with Gasteiger partial charge in [0.1, 0.15) is 22.1 Å². The fourth-order valence-electron chi connectivity index (χ4n) is 7.41. The summed E-state index contributed by atoms with van der Waals surface area (Å²) in [6, 6.07) is 48.5. The molecule has 0 aliphatic heterocycles. The molecule has 0 amide bonds. The Kier molecular flexibility index (Phi) is 6.96. The fourth-order valence-corrected chi connectivity index (χ4v) is 7.41. The van der Waals surface area contributed by atoms with Gasteiger partial charge in [0.05, 0.1) is 25.1 Å². The second-order valence-electron chi connectivity index (χ2n) is 14.3. The number of rotatable bonds is 10. The van der Waals surface area contributed by atoms with Crippen molar-refractivity contribution in [3.63, 3.8) is 0 Å². The van der Waals surface area contributed by atoms with E-state index in [-0.39, 0.29) is 35.5 Å². The van der Waals surface area contributed by atoms with Crippen molar-refractivity contribution in [3.05, 3.63) is 230 Å². The third kappa shape index (κ3) is 7.12. The molecule has 0 unspecified atom stereocenters. The third-order valence-corrected chi connectivity index (χ3v) is 10.5. The van der Waals surface area contributed by atoms with Crippen LogP contribution in [0.4, 0.5) is 34.1 Å². The number of hydrogen-bond donors (Lipinski definition) is 0. The second-order valence-corrected chi connectivity index (χ2v) is 14.3. The van der Waals surface area contributed by atoms with E-state index in [4.69, 9.17) is 13.7 Å². The molecule has 11 rings (SSSR count). The van der Waals surface area contributed by atoms with Crippen molar-refractivity contribution in [2.24, 2.45) is 0 Å². The van der Waals surface area contributed by atoms with Crippen LogP contribution in [0, 0.1) is 0 Å². The van der Waals surface area contributed by atoms with Gasteiger partial charge in [0.15, 0.2) is 0 Å². The van der Waals surface area contributed by atoms with Crippen LogP contribution >= 0.6 is 0 Å². The highest BCUT2D eigenvalue weighted by Gasteiger charge is 2.16. The lowest BCUT2D eigenvalue weighted by Crippen LogP contribution is -2.10. The van der Waals surface area contributed by atoms with E-state index < -0.39 is 36.3 Å². The Morgan fingerprint density at radius 3 is 0.839 bits per heavy atom. The maximum Gasteiger partial charge on any atom is 0.113 e. The van der Waals surface area contributed by atoms with Gasteiger partial charge in [-0.05, 0) is 143 Å². The molecule has 0 aliphatic carbocycles. The van der Waals surface area contributed by atoms with Crippen molar-refractivity contribution in [3.8, 4) is 33.6 Å². The largest absolute Gasteiger partial charge is 0.311 e. The van der Waals surface area contributed by atoms with Gasteiger partial charge in [0.25, 0.3) is 0 Å². The normalized spacial score (nSPS) is 13.5. The van der Waals surface area contributed by atoms with E-state index in [0.717, 1.165) is 44.3 Å². The molecule has 0 spiro atoms. The summed E-state index contributed by atoms with van der Waals surface area (Å²) < 4.78 is 85.9. The van der Waals surface area contributed by atoms with E-state index in [1.165, 1.54) is 9.59 Å². The van der Waals surface area contributed by atoms with Crippen LogP contribution < -0.4 is 9.80 Å². The van der Waals surface area contributed by atoms with Crippen LogP contribution in [0.25, 0.3) is 55.7 Å². The summed E-state index contributed by atoms with van der Waals surface area (Å²) in [6.07, 6.45) is 0. The van der Waals surface area contributed by atoms with Crippen LogP contribution in [-0.2, 0) is 0 Å². The maximum absolute atomic E-state index is 8.89. The van der Waals surface area contributed by atoms with Crippen LogP contribution in [0.3, 0.4) is 0 Å². The minimum absolute atomic E-state index is 0.00554. The number of fused-ring (bicyclic) bond motifs is 2. The molecule has 0 saturated heterocycles. The monoisotopic (exact) mass is 808 g/mol. The molecule has 0 fully saturated rings. The molecular weight excluding hydrogens is 761 g/mol. The van der Waals surface area contributed by atoms with Gasteiger partial charge in [0, 0.05) is 34.1 Å². The number of nitrogens with zero attached hydrogens (tertiary/aromatic N) is 8. The second kappa shape index (κ2) is 15.9. The molecular formula is C54H38N8. The Bertz CT molecular complexity index is 3490. The lowest BCUT2D eigenvalue weighted by atomic mass is 9.99. The Hall–Kier alpha value is -8.62. The quantitative estimate of drug-likeness (QED) is 0.137. The van der Waals surface area contributed by atoms with E-state index in [1.807, 2.05) is 146 Å². The van der Waals surface area contributed by atoms with Crippen LogP contribution in [0.5, 0.6) is 0 Å². The molecule has 11 aromatic rings. The number of benzene rings is 9. The van der Waals surface area contributed by atoms with Gasteiger partial charge >= 0.3 is 0 Å². The van der Waals surface area contributed by atoms with Crippen LogP contribution in [0.2, 0.25) is 0 Å². The molecule has 62 heavy (non-hydrogen) atoms. The van der Waals surface area contributed by atoms with E-state index >= 15 is 0 Å².